The van der Waals surface area contributed by atoms with Crippen molar-refractivity contribution in [2.24, 2.45) is 0 Å². The van der Waals surface area contributed by atoms with E-state index in [0.29, 0.717) is 45.3 Å². The van der Waals surface area contributed by atoms with Gasteiger partial charge in [0.25, 0.3) is 11.8 Å². The van der Waals surface area contributed by atoms with Crippen LogP contribution in [0.3, 0.4) is 0 Å². The van der Waals surface area contributed by atoms with Gasteiger partial charge in [-0.3, -0.25) is 19.2 Å². The summed E-state index contributed by atoms with van der Waals surface area (Å²) in [4.78, 5) is 47.8. The zero-order valence-electron chi connectivity index (χ0n) is 28.6. The highest BCUT2D eigenvalue weighted by atomic mass is 79.9. The number of carbonyl (C=O) groups is 4. The maximum atomic E-state index is 12.9. The van der Waals surface area contributed by atoms with E-state index in [1.807, 2.05) is 18.2 Å². The van der Waals surface area contributed by atoms with Gasteiger partial charge in [-0.1, -0.05) is 117 Å². The van der Waals surface area contributed by atoms with Crippen LogP contribution in [0.5, 0.6) is 0 Å². The Balaban J connectivity index is 0.000000184. The Morgan fingerprint density at radius 2 is 1.24 bits per heavy atom. The summed E-state index contributed by atoms with van der Waals surface area (Å²) in [5.74, 6) is -0.0150. The minimum absolute atomic E-state index is 0.0485. The number of amides is 2. The van der Waals surface area contributed by atoms with Gasteiger partial charge in [0.2, 0.25) is 0 Å². The molecule has 0 spiro atoms. The van der Waals surface area contributed by atoms with Crippen molar-refractivity contribution in [1.82, 2.24) is 5.32 Å². The molecule has 0 aliphatic carbocycles. The Kier molecular flexibility index (Phi) is 12.3. The van der Waals surface area contributed by atoms with Crippen LogP contribution in [0.4, 0.5) is 5.69 Å². The Hall–Kier alpha value is -3.78. The first-order valence-electron chi connectivity index (χ1n) is 16.1. The number of aldehydes is 2. The highest BCUT2D eigenvalue weighted by Crippen LogP contribution is 2.33. The molecule has 0 unspecified atom stereocenters. The van der Waals surface area contributed by atoms with Gasteiger partial charge in [-0.25, -0.2) is 0 Å². The Labute approximate surface area is 307 Å². The molecule has 49 heavy (non-hydrogen) atoms. The fourth-order valence-electron chi connectivity index (χ4n) is 5.58. The van der Waals surface area contributed by atoms with Crippen LogP contribution in [0, 0.1) is 0 Å². The lowest BCUT2D eigenvalue weighted by Crippen LogP contribution is -2.38. The van der Waals surface area contributed by atoms with Crippen LogP contribution in [-0.2, 0) is 23.7 Å². The lowest BCUT2D eigenvalue weighted by Gasteiger charge is -2.31. The molecule has 0 atom stereocenters. The second-order valence-electron chi connectivity index (χ2n) is 14.0. The number of carbonyl (C=O) groups excluding carboxylic acids is 4. The van der Waals surface area contributed by atoms with E-state index in [0.717, 1.165) is 41.3 Å². The summed E-state index contributed by atoms with van der Waals surface area (Å²) in [6.45, 7) is 14.4. The van der Waals surface area contributed by atoms with Crippen molar-refractivity contribution in [2.45, 2.75) is 65.2 Å². The Bertz CT molecular complexity index is 1870. The van der Waals surface area contributed by atoms with Gasteiger partial charge in [-0.15, -0.1) is 0 Å². The molecule has 0 fully saturated rings. The van der Waals surface area contributed by atoms with Crippen molar-refractivity contribution < 1.29 is 19.2 Å². The van der Waals surface area contributed by atoms with Crippen LogP contribution >= 0.6 is 39.1 Å². The molecular weight excluding hydrogens is 723 g/mol. The van der Waals surface area contributed by atoms with E-state index in [1.165, 1.54) is 16.7 Å². The highest BCUT2D eigenvalue weighted by molar-refractivity contribution is 9.10. The number of nitrogens with one attached hydrogen (secondary N) is 1. The number of anilines is 1. The summed E-state index contributed by atoms with van der Waals surface area (Å²) >= 11 is 15.0. The van der Waals surface area contributed by atoms with Gasteiger partial charge in [0.1, 0.15) is 0 Å². The van der Waals surface area contributed by atoms with Crippen LogP contribution in [0.15, 0.2) is 77.3 Å². The van der Waals surface area contributed by atoms with E-state index in [2.05, 4.69) is 81.0 Å². The first-order valence-corrected chi connectivity index (χ1v) is 17.6. The van der Waals surface area contributed by atoms with Gasteiger partial charge in [0.05, 0.1) is 21.3 Å². The molecule has 2 aliphatic rings. The normalized spacial score (nSPS) is 13.9. The van der Waals surface area contributed by atoms with Gasteiger partial charge in [-0.05, 0) is 82.3 Å². The number of hydrogen-bond donors (Lipinski definition) is 1. The third kappa shape index (κ3) is 9.07. The molecule has 9 heteroatoms. The molecule has 0 saturated carbocycles. The predicted octanol–water partition coefficient (Wildman–Crippen LogP) is 9.84. The molecular formula is C40H41BrCl2N2O4. The topological polar surface area (TPSA) is 83.6 Å². The highest BCUT2D eigenvalue weighted by Gasteiger charge is 2.29. The fraction of sp³-hybridized carbons (Fsp3) is 0.300. The van der Waals surface area contributed by atoms with Gasteiger partial charge < -0.3 is 10.2 Å². The number of nitrogens with zero attached hydrogens (tertiary/aromatic N) is 1. The van der Waals surface area contributed by atoms with Crippen molar-refractivity contribution in [3.63, 3.8) is 0 Å². The second kappa shape index (κ2) is 15.8. The van der Waals surface area contributed by atoms with Crippen LogP contribution in [0.2, 0.25) is 10.0 Å². The van der Waals surface area contributed by atoms with Crippen LogP contribution < -0.4 is 10.2 Å². The van der Waals surface area contributed by atoms with Crippen LogP contribution in [-0.4, -0.2) is 37.5 Å². The molecule has 2 amide bonds. The van der Waals surface area contributed by atoms with Crippen molar-refractivity contribution >= 4 is 69.2 Å². The average Bonchev–Trinajstić information content (AvgIpc) is 3.05. The summed E-state index contributed by atoms with van der Waals surface area (Å²) in [5, 5.41) is 3.70. The molecule has 0 bridgehead atoms. The van der Waals surface area contributed by atoms with E-state index in [4.69, 9.17) is 23.2 Å². The molecule has 1 N–H and O–H groups in total. The predicted molar refractivity (Wildman–Crippen MR) is 203 cm³/mol. The summed E-state index contributed by atoms with van der Waals surface area (Å²) in [6, 6.07) is 22.6. The van der Waals surface area contributed by atoms with Crippen molar-refractivity contribution in [1.29, 1.82) is 0 Å². The smallest absolute Gasteiger partial charge is 0.258 e. The van der Waals surface area contributed by atoms with Crippen molar-refractivity contribution in [3.05, 3.63) is 132 Å². The molecule has 0 radical (unpaired) electrons. The summed E-state index contributed by atoms with van der Waals surface area (Å²) in [5.41, 5.74) is 7.97. The number of fused-ring (bicyclic) bond motifs is 2. The monoisotopic (exact) mass is 762 g/mol. The first-order chi connectivity index (χ1) is 23.1. The van der Waals surface area contributed by atoms with Gasteiger partial charge in [0.15, 0.2) is 12.6 Å². The maximum Gasteiger partial charge on any atom is 0.258 e. The molecule has 2 heterocycles. The van der Waals surface area contributed by atoms with Gasteiger partial charge in [0, 0.05) is 34.3 Å². The summed E-state index contributed by atoms with van der Waals surface area (Å²) < 4.78 is 0.731. The molecule has 256 valence electrons. The van der Waals surface area contributed by atoms with E-state index in [1.54, 1.807) is 41.3 Å². The number of benzene rings is 4. The van der Waals surface area contributed by atoms with E-state index >= 15 is 0 Å². The molecule has 0 aromatic heterocycles. The molecule has 4 aromatic carbocycles. The average molecular weight is 765 g/mol. The standard InChI is InChI=1S/C20H20ClNO2.C13H17NO.C7H4BrClO/c1-20(2,3)14-7-8-15-13(11-14)9-10-22(19(15)24)18-6-4-5-17(21)16(18)12-23;1-13(2,3)10-4-5-11-9(8-10)6-7-14-12(11)15;8-6-2-1-3-7(9)5(6)4-10/h4-8,11-12H,9-10H2,1-3H3;4-5,8H,6-7H2,1-3H3,(H,14,15);1-4H. The minimum Gasteiger partial charge on any atom is -0.352 e. The number of halogens is 3. The third-order valence-corrected chi connectivity index (χ3v) is 9.85. The molecule has 6 rings (SSSR count). The van der Waals surface area contributed by atoms with Gasteiger partial charge in [-0.2, -0.15) is 0 Å². The summed E-state index contributed by atoms with van der Waals surface area (Å²) in [6.07, 6.45) is 3.15. The minimum atomic E-state index is -0.0814. The number of hydrogen-bond acceptors (Lipinski definition) is 4. The molecule has 0 saturated heterocycles. The van der Waals surface area contributed by atoms with Gasteiger partial charge >= 0.3 is 0 Å². The largest absolute Gasteiger partial charge is 0.352 e. The first kappa shape index (κ1) is 38.0. The molecule has 2 aliphatic heterocycles. The Morgan fingerprint density at radius 3 is 1.78 bits per heavy atom. The zero-order chi connectivity index (χ0) is 36.1. The van der Waals surface area contributed by atoms with E-state index < -0.39 is 0 Å². The SMILES string of the molecule is CC(C)(C)c1ccc2c(c1)CCN(c1cccc(Cl)c1C=O)C2=O.CC(C)(C)c1ccc2c(c1)CCNC2=O.O=Cc1c(Cl)cccc1Br. The van der Waals surface area contributed by atoms with Crippen molar-refractivity contribution in [3.8, 4) is 0 Å². The van der Waals surface area contributed by atoms with Crippen molar-refractivity contribution in [2.75, 3.05) is 18.0 Å². The van der Waals surface area contributed by atoms with Crippen LogP contribution in [0.25, 0.3) is 0 Å². The van der Waals surface area contributed by atoms with E-state index in [9.17, 15) is 19.2 Å². The lowest BCUT2D eigenvalue weighted by atomic mass is 9.84. The van der Waals surface area contributed by atoms with E-state index in [-0.39, 0.29) is 22.6 Å². The number of rotatable bonds is 3. The maximum absolute atomic E-state index is 12.9. The quantitative estimate of drug-likeness (QED) is 0.211. The second-order valence-corrected chi connectivity index (χ2v) is 15.7. The Morgan fingerprint density at radius 1 is 0.714 bits per heavy atom. The summed E-state index contributed by atoms with van der Waals surface area (Å²) in [7, 11) is 0. The molecule has 6 nitrogen and oxygen atoms in total. The fourth-order valence-corrected chi connectivity index (χ4v) is 6.59. The zero-order valence-corrected chi connectivity index (χ0v) is 31.7. The van der Waals surface area contributed by atoms with Crippen LogP contribution in [0.1, 0.15) is 105 Å². The third-order valence-electron chi connectivity index (χ3n) is 8.50. The lowest BCUT2D eigenvalue weighted by molar-refractivity contribution is 0.0943. The molecule has 4 aromatic rings.